The highest BCUT2D eigenvalue weighted by atomic mass is 16.6. The van der Waals surface area contributed by atoms with Crippen molar-refractivity contribution in [3.63, 3.8) is 0 Å². The molecule has 5 nitrogen and oxygen atoms in total. The highest BCUT2D eigenvalue weighted by Crippen LogP contribution is 2.60. The summed E-state index contributed by atoms with van der Waals surface area (Å²) in [6.45, 7) is 16.7. The normalized spacial score (nSPS) is 31.1. The molecule has 0 saturated heterocycles. The molecule has 2 bridgehead atoms. The molecule has 0 aromatic heterocycles. The van der Waals surface area contributed by atoms with Crippen LogP contribution in [0.5, 0.6) is 0 Å². The summed E-state index contributed by atoms with van der Waals surface area (Å²) in [5.74, 6) is 0.729. The van der Waals surface area contributed by atoms with Gasteiger partial charge in [-0.15, -0.1) is 6.58 Å². The number of carbonyl (C=O) groups excluding carboxylic acids is 2. The molecule has 7 unspecified atom stereocenters. The van der Waals surface area contributed by atoms with E-state index in [1.807, 2.05) is 20.8 Å². The van der Waals surface area contributed by atoms with E-state index in [1.165, 1.54) is 0 Å². The van der Waals surface area contributed by atoms with Gasteiger partial charge in [0.05, 0.1) is 6.42 Å². The van der Waals surface area contributed by atoms with Crippen LogP contribution < -0.4 is 11.5 Å². The molecule has 2 aliphatic carbocycles. The SMILES string of the molecule is C=CC(C)(N)C(CC)(CC)CC(=O)OC(=O)CC1C2CC(CC2N)C1C(C)(CC)CCC. The van der Waals surface area contributed by atoms with Gasteiger partial charge in [0.25, 0.3) is 0 Å². The quantitative estimate of drug-likeness (QED) is 0.238. The molecule has 2 saturated carbocycles. The van der Waals surface area contributed by atoms with E-state index >= 15 is 0 Å². The number of hydrogen-bond donors (Lipinski definition) is 2. The minimum absolute atomic E-state index is 0.118. The third-order valence-electron chi connectivity index (χ3n) is 9.69. The number of hydrogen-bond acceptors (Lipinski definition) is 5. The van der Waals surface area contributed by atoms with E-state index in [0.717, 1.165) is 32.1 Å². The lowest BCUT2D eigenvalue weighted by Crippen LogP contribution is -2.52. The molecule has 0 aromatic carbocycles. The van der Waals surface area contributed by atoms with Gasteiger partial charge in [-0.2, -0.15) is 0 Å². The fraction of sp³-hybridized carbons (Fsp3) is 0.852. The molecule has 0 aliphatic heterocycles. The summed E-state index contributed by atoms with van der Waals surface area (Å²) in [6, 6.07) is 0.158. The minimum Gasteiger partial charge on any atom is -0.393 e. The summed E-state index contributed by atoms with van der Waals surface area (Å²) in [4.78, 5) is 25.8. The Morgan fingerprint density at radius 1 is 1.06 bits per heavy atom. The first-order valence-corrected chi connectivity index (χ1v) is 12.9. The van der Waals surface area contributed by atoms with Gasteiger partial charge in [0.1, 0.15) is 0 Å². The molecule has 32 heavy (non-hydrogen) atoms. The zero-order valence-corrected chi connectivity index (χ0v) is 21.4. The van der Waals surface area contributed by atoms with Crippen LogP contribution in [0.2, 0.25) is 0 Å². The van der Waals surface area contributed by atoms with Gasteiger partial charge in [0, 0.05) is 23.4 Å². The van der Waals surface area contributed by atoms with Crippen LogP contribution >= 0.6 is 0 Å². The topological polar surface area (TPSA) is 95.4 Å². The fourth-order valence-corrected chi connectivity index (χ4v) is 7.40. The summed E-state index contributed by atoms with van der Waals surface area (Å²) in [6.07, 6.45) is 9.09. The maximum atomic E-state index is 13.0. The van der Waals surface area contributed by atoms with Gasteiger partial charge in [-0.1, -0.05) is 53.5 Å². The summed E-state index contributed by atoms with van der Waals surface area (Å²) in [7, 11) is 0. The second-order valence-corrected chi connectivity index (χ2v) is 11.2. The predicted octanol–water partition coefficient (Wildman–Crippen LogP) is 5.36. The third-order valence-corrected chi connectivity index (χ3v) is 9.69. The van der Waals surface area contributed by atoms with Crippen molar-refractivity contribution in [1.29, 1.82) is 0 Å². The molecular weight excluding hydrogens is 400 g/mol. The molecule has 0 heterocycles. The molecule has 4 N–H and O–H groups in total. The predicted molar refractivity (Wildman–Crippen MR) is 131 cm³/mol. The zero-order valence-electron chi connectivity index (χ0n) is 21.4. The molecule has 0 aromatic rings. The van der Waals surface area contributed by atoms with Crippen molar-refractivity contribution in [3.05, 3.63) is 12.7 Å². The lowest BCUT2D eigenvalue weighted by atomic mass is 9.60. The number of esters is 2. The van der Waals surface area contributed by atoms with Crippen molar-refractivity contribution in [2.24, 2.45) is 46.0 Å². The first kappa shape index (κ1) is 27.0. The number of nitrogens with two attached hydrogens (primary N) is 2. The van der Waals surface area contributed by atoms with Crippen LogP contribution in [-0.4, -0.2) is 23.5 Å². The molecule has 0 spiro atoms. The average Bonchev–Trinajstić information content (AvgIpc) is 3.28. The molecule has 0 amide bonds. The second kappa shape index (κ2) is 10.4. The van der Waals surface area contributed by atoms with E-state index in [4.69, 9.17) is 16.2 Å². The van der Waals surface area contributed by atoms with Crippen molar-refractivity contribution in [2.45, 2.75) is 111 Å². The van der Waals surface area contributed by atoms with Crippen molar-refractivity contribution in [2.75, 3.05) is 0 Å². The van der Waals surface area contributed by atoms with Gasteiger partial charge in [-0.3, -0.25) is 9.59 Å². The van der Waals surface area contributed by atoms with Gasteiger partial charge < -0.3 is 16.2 Å². The monoisotopic (exact) mass is 448 g/mol. The Morgan fingerprint density at radius 3 is 2.19 bits per heavy atom. The Kier molecular flexibility index (Phi) is 8.77. The fourth-order valence-electron chi connectivity index (χ4n) is 7.40. The van der Waals surface area contributed by atoms with Crippen molar-refractivity contribution in [3.8, 4) is 0 Å². The number of fused-ring (bicyclic) bond motifs is 2. The van der Waals surface area contributed by atoms with Crippen LogP contribution in [0.1, 0.15) is 99.3 Å². The minimum atomic E-state index is -0.718. The van der Waals surface area contributed by atoms with Crippen LogP contribution in [0.15, 0.2) is 12.7 Å². The molecule has 0 radical (unpaired) electrons. The summed E-state index contributed by atoms with van der Waals surface area (Å²) >= 11 is 0. The Morgan fingerprint density at radius 2 is 1.69 bits per heavy atom. The third kappa shape index (κ3) is 4.99. The van der Waals surface area contributed by atoms with Gasteiger partial charge in [0.15, 0.2) is 0 Å². The van der Waals surface area contributed by atoms with Crippen molar-refractivity contribution < 1.29 is 14.3 Å². The second-order valence-electron chi connectivity index (χ2n) is 11.2. The van der Waals surface area contributed by atoms with E-state index in [-0.39, 0.29) is 30.2 Å². The first-order chi connectivity index (χ1) is 14.9. The Labute approximate surface area is 196 Å². The van der Waals surface area contributed by atoms with Gasteiger partial charge >= 0.3 is 11.9 Å². The highest BCUT2D eigenvalue weighted by molar-refractivity contribution is 5.86. The molecule has 184 valence electrons. The van der Waals surface area contributed by atoms with Crippen LogP contribution in [-0.2, 0) is 14.3 Å². The maximum absolute atomic E-state index is 13.0. The van der Waals surface area contributed by atoms with Gasteiger partial charge in [0.2, 0.25) is 0 Å². The summed E-state index contributed by atoms with van der Waals surface area (Å²) < 4.78 is 5.40. The molecule has 2 fully saturated rings. The van der Waals surface area contributed by atoms with Crippen LogP contribution in [0.3, 0.4) is 0 Å². The summed E-state index contributed by atoms with van der Waals surface area (Å²) in [5, 5.41) is 0. The highest BCUT2D eigenvalue weighted by Gasteiger charge is 2.57. The number of rotatable bonds is 12. The number of ether oxygens (including phenoxy) is 1. The Balaban J connectivity index is 2.13. The lowest BCUT2D eigenvalue weighted by molar-refractivity contribution is -0.163. The Hall–Kier alpha value is -1.20. The van der Waals surface area contributed by atoms with Gasteiger partial charge in [-0.05, 0) is 68.1 Å². The maximum Gasteiger partial charge on any atom is 0.314 e. The zero-order chi connectivity index (χ0) is 24.3. The summed E-state index contributed by atoms with van der Waals surface area (Å²) in [5.41, 5.74) is 11.9. The van der Waals surface area contributed by atoms with E-state index in [2.05, 4.69) is 27.4 Å². The lowest BCUT2D eigenvalue weighted by Gasteiger charge is -2.45. The molecular formula is C27H48N2O3. The van der Waals surface area contributed by atoms with Crippen molar-refractivity contribution in [1.82, 2.24) is 0 Å². The van der Waals surface area contributed by atoms with Crippen molar-refractivity contribution >= 4 is 11.9 Å². The van der Waals surface area contributed by atoms with Crippen LogP contribution in [0.25, 0.3) is 0 Å². The molecule has 2 rings (SSSR count). The largest absolute Gasteiger partial charge is 0.393 e. The molecule has 7 atom stereocenters. The van der Waals surface area contributed by atoms with E-state index in [9.17, 15) is 9.59 Å². The molecule has 2 aliphatic rings. The van der Waals surface area contributed by atoms with E-state index < -0.39 is 22.9 Å². The van der Waals surface area contributed by atoms with E-state index in [1.54, 1.807) is 6.08 Å². The van der Waals surface area contributed by atoms with Crippen LogP contribution in [0, 0.1) is 34.5 Å². The smallest absolute Gasteiger partial charge is 0.314 e. The molecule has 5 heteroatoms. The standard InChI is InChI=1S/C27H48N2O3/c1-8-13-25(6,9-2)24-18-14-19(21(28)15-18)20(24)16-22(30)32-23(31)17-27(11-4,12-5)26(7,29)10-3/h10,18-21,24H,3,8-9,11-17,28-29H2,1-2,4-7H3. The Bertz CT molecular complexity index is 684. The average molecular weight is 449 g/mol. The first-order valence-electron chi connectivity index (χ1n) is 12.9. The number of carbonyl (C=O) groups is 2. The van der Waals surface area contributed by atoms with Gasteiger partial charge in [-0.25, -0.2) is 0 Å². The van der Waals surface area contributed by atoms with E-state index in [0.29, 0.717) is 30.6 Å². The van der Waals surface area contributed by atoms with Crippen LogP contribution in [0.4, 0.5) is 0 Å².